The van der Waals surface area contributed by atoms with Gasteiger partial charge in [0.1, 0.15) is 17.0 Å². The van der Waals surface area contributed by atoms with Gasteiger partial charge < -0.3 is 10.1 Å². The number of aromatic nitrogens is 2. The summed E-state index contributed by atoms with van der Waals surface area (Å²) in [6, 6.07) is 17.6. The quantitative estimate of drug-likeness (QED) is 0.326. The summed E-state index contributed by atoms with van der Waals surface area (Å²) in [6.45, 7) is 4.70. The van der Waals surface area contributed by atoms with Gasteiger partial charge in [-0.1, -0.05) is 53.6 Å². The minimum absolute atomic E-state index is 0.244. The average Bonchev–Trinajstić information content (AvgIpc) is 3.24. The SMILES string of the molecule is COc1cc2c3c(n(C(=O)NCc4ccnc(Cl)c4)c2cc1C#N)CCN(C/C=C/c1ccc(C)cc1)C3. The van der Waals surface area contributed by atoms with Crippen molar-refractivity contribution in [3.63, 3.8) is 0 Å². The van der Waals surface area contributed by atoms with Crippen molar-refractivity contribution in [1.29, 1.82) is 5.26 Å². The molecule has 2 aromatic carbocycles. The van der Waals surface area contributed by atoms with Crippen molar-refractivity contribution in [2.24, 2.45) is 0 Å². The fourth-order valence-electron chi connectivity index (χ4n) is 4.91. The molecule has 7 nitrogen and oxygen atoms in total. The molecule has 0 atom stereocenters. The minimum atomic E-state index is -0.244. The van der Waals surface area contributed by atoms with Crippen LogP contribution in [0.15, 0.2) is 60.8 Å². The fourth-order valence-corrected chi connectivity index (χ4v) is 5.10. The summed E-state index contributed by atoms with van der Waals surface area (Å²) in [5, 5.41) is 14.0. The van der Waals surface area contributed by atoms with Gasteiger partial charge in [-0.2, -0.15) is 5.26 Å². The number of hydrogen-bond donors (Lipinski definition) is 1. The Morgan fingerprint density at radius 1 is 1.24 bits per heavy atom. The molecular formula is C30H28ClN5O2. The normalized spacial score (nSPS) is 13.4. The maximum Gasteiger partial charge on any atom is 0.326 e. The zero-order valence-electron chi connectivity index (χ0n) is 21.4. The Kier molecular flexibility index (Phi) is 7.45. The molecule has 0 saturated heterocycles. The highest BCUT2D eigenvalue weighted by atomic mass is 35.5. The first-order valence-corrected chi connectivity index (χ1v) is 12.8. The van der Waals surface area contributed by atoms with Crippen LogP contribution < -0.4 is 10.1 Å². The van der Waals surface area contributed by atoms with Gasteiger partial charge in [-0.25, -0.2) is 9.78 Å². The zero-order chi connectivity index (χ0) is 26.6. The number of methoxy groups -OCH3 is 1. The molecule has 3 heterocycles. The molecule has 0 saturated carbocycles. The lowest BCUT2D eigenvalue weighted by atomic mass is 10.0. The van der Waals surface area contributed by atoms with Crippen LogP contribution in [0.5, 0.6) is 5.75 Å². The second kappa shape index (κ2) is 11.1. The van der Waals surface area contributed by atoms with Crippen LogP contribution in [0.2, 0.25) is 5.15 Å². The maximum atomic E-state index is 13.5. The van der Waals surface area contributed by atoms with E-state index in [0.29, 0.717) is 41.5 Å². The number of carbonyl (C=O) groups excluding carboxylic acids is 1. The number of nitrogens with one attached hydrogen (secondary N) is 1. The number of fused-ring (bicyclic) bond motifs is 3. The maximum absolute atomic E-state index is 13.5. The van der Waals surface area contributed by atoms with Gasteiger partial charge >= 0.3 is 6.03 Å². The summed E-state index contributed by atoms with van der Waals surface area (Å²) in [4.78, 5) is 19.9. The van der Waals surface area contributed by atoms with E-state index in [0.717, 1.165) is 35.3 Å². The summed E-state index contributed by atoms with van der Waals surface area (Å²) in [6.07, 6.45) is 6.64. The largest absolute Gasteiger partial charge is 0.495 e. The van der Waals surface area contributed by atoms with Crippen LogP contribution in [0.4, 0.5) is 4.79 Å². The molecular weight excluding hydrogens is 498 g/mol. The highest BCUT2D eigenvalue weighted by Crippen LogP contribution is 2.35. The molecule has 1 amide bonds. The number of ether oxygens (including phenoxy) is 1. The standard InChI is InChI=1S/C30H28ClN5O2/c1-20-5-7-21(8-6-20)4-3-12-35-13-10-26-25(19-35)24-16-28(38-2)23(17-32)15-27(24)36(26)30(37)34-18-22-9-11-33-29(31)14-22/h3-9,11,14-16H,10,12-13,18-19H2,1-2H3,(H,34,37)/b4-3+. The van der Waals surface area contributed by atoms with E-state index in [1.807, 2.05) is 12.1 Å². The third-order valence-corrected chi connectivity index (χ3v) is 7.06. The second-order valence-electron chi connectivity index (χ2n) is 9.39. The number of benzene rings is 2. The highest BCUT2D eigenvalue weighted by molar-refractivity contribution is 6.29. The van der Waals surface area contributed by atoms with E-state index in [1.54, 1.807) is 30.0 Å². The molecule has 1 aliphatic heterocycles. The van der Waals surface area contributed by atoms with Crippen molar-refractivity contribution in [1.82, 2.24) is 19.8 Å². The summed E-state index contributed by atoms with van der Waals surface area (Å²) in [7, 11) is 1.56. The van der Waals surface area contributed by atoms with E-state index in [2.05, 4.69) is 64.6 Å². The van der Waals surface area contributed by atoms with E-state index >= 15 is 0 Å². The summed E-state index contributed by atoms with van der Waals surface area (Å²) < 4.78 is 7.21. The van der Waals surface area contributed by atoms with Crippen LogP contribution >= 0.6 is 11.6 Å². The first-order valence-electron chi connectivity index (χ1n) is 12.5. The molecule has 8 heteroatoms. The predicted molar refractivity (Wildman–Crippen MR) is 149 cm³/mol. The Balaban J connectivity index is 1.44. The smallest absolute Gasteiger partial charge is 0.326 e. The molecule has 0 bridgehead atoms. The molecule has 38 heavy (non-hydrogen) atoms. The van der Waals surface area contributed by atoms with E-state index in [1.165, 1.54) is 11.1 Å². The Morgan fingerprint density at radius 3 is 2.79 bits per heavy atom. The van der Waals surface area contributed by atoms with Crippen molar-refractivity contribution in [2.75, 3.05) is 20.2 Å². The summed E-state index contributed by atoms with van der Waals surface area (Å²) in [5.74, 6) is 0.503. The van der Waals surface area contributed by atoms with Crippen molar-refractivity contribution in [2.45, 2.75) is 26.4 Å². The number of nitriles is 1. The Hall–Kier alpha value is -4.12. The lowest BCUT2D eigenvalue weighted by molar-refractivity contribution is 0.240. The van der Waals surface area contributed by atoms with E-state index in [-0.39, 0.29) is 6.03 Å². The minimum Gasteiger partial charge on any atom is -0.495 e. The number of rotatable bonds is 6. The van der Waals surface area contributed by atoms with E-state index in [9.17, 15) is 10.1 Å². The zero-order valence-corrected chi connectivity index (χ0v) is 22.1. The molecule has 0 aliphatic carbocycles. The number of hydrogen-bond acceptors (Lipinski definition) is 5. The van der Waals surface area contributed by atoms with Gasteiger partial charge in [0.15, 0.2) is 0 Å². The number of halogens is 1. The lowest BCUT2D eigenvalue weighted by Crippen LogP contribution is -2.34. The third kappa shape index (κ3) is 5.28. The van der Waals surface area contributed by atoms with Crippen molar-refractivity contribution < 1.29 is 9.53 Å². The number of amides is 1. The molecule has 4 aromatic rings. The average molecular weight is 526 g/mol. The number of carbonyl (C=O) groups is 1. The van der Waals surface area contributed by atoms with Crippen LogP contribution in [-0.4, -0.2) is 40.7 Å². The van der Waals surface area contributed by atoms with Gasteiger partial charge in [-0.05, 0) is 47.9 Å². The van der Waals surface area contributed by atoms with Gasteiger partial charge in [0.25, 0.3) is 0 Å². The van der Waals surface area contributed by atoms with Crippen LogP contribution in [0.1, 0.15) is 33.5 Å². The van der Waals surface area contributed by atoms with Crippen molar-refractivity contribution in [3.05, 3.63) is 99.5 Å². The van der Waals surface area contributed by atoms with Crippen LogP contribution in [0.25, 0.3) is 17.0 Å². The summed E-state index contributed by atoms with van der Waals surface area (Å²) in [5.41, 5.74) is 6.41. The fraction of sp³-hybridized carbons (Fsp3) is 0.233. The number of nitrogens with zero attached hydrogens (tertiary/aromatic N) is 4. The van der Waals surface area contributed by atoms with Gasteiger partial charge in [-0.15, -0.1) is 0 Å². The number of pyridine rings is 1. The van der Waals surface area contributed by atoms with Gasteiger partial charge in [-0.3, -0.25) is 9.47 Å². The number of aryl methyl sites for hydroxylation is 1. The first kappa shape index (κ1) is 25.5. The van der Waals surface area contributed by atoms with Crippen LogP contribution in [0, 0.1) is 18.3 Å². The molecule has 1 N–H and O–H groups in total. The topological polar surface area (TPSA) is 83.2 Å². The Bertz CT molecular complexity index is 1570. The monoisotopic (exact) mass is 525 g/mol. The van der Waals surface area contributed by atoms with Gasteiger partial charge in [0, 0.05) is 49.9 Å². The third-order valence-electron chi connectivity index (χ3n) is 6.86. The molecule has 0 fully saturated rings. The van der Waals surface area contributed by atoms with Crippen molar-refractivity contribution in [3.8, 4) is 11.8 Å². The first-order chi connectivity index (χ1) is 18.5. The lowest BCUT2D eigenvalue weighted by Gasteiger charge is -2.27. The molecule has 0 radical (unpaired) electrons. The molecule has 5 rings (SSSR count). The molecule has 192 valence electrons. The van der Waals surface area contributed by atoms with E-state index in [4.69, 9.17) is 16.3 Å². The molecule has 0 unspecified atom stereocenters. The Labute approximate surface area is 226 Å². The Morgan fingerprint density at radius 2 is 2.05 bits per heavy atom. The highest BCUT2D eigenvalue weighted by Gasteiger charge is 2.27. The van der Waals surface area contributed by atoms with Crippen molar-refractivity contribution >= 4 is 34.6 Å². The van der Waals surface area contributed by atoms with Gasteiger partial charge in [0.05, 0.1) is 18.2 Å². The van der Waals surface area contributed by atoms with Crippen LogP contribution in [0.3, 0.4) is 0 Å². The molecule has 0 spiro atoms. The molecule has 1 aliphatic rings. The predicted octanol–water partition coefficient (Wildman–Crippen LogP) is 5.71. The second-order valence-corrected chi connectivity index (χ2v) is 9.77. The van der Waals surface area contributed by atoms with E-state index < -0.39 is 0 Å². The summed E-state index contributed by atoms with van der Waals surface area (Å²) >= 11 is 6.00. The van der Waals surface area contributed by atoms with Crippen LogP contribution in [-0.2, 0) is 19.5 Å². The molecule has 2 aromatic heterocycles. The van der Waals surface area contributed by atoms with Gasteiger partial charge in [0.2, 0.25) is 0 Å².